The minimum atomic E-state index is -1.66. The van der Waals surface area contributed by atoms with Crippen LogP contribution in [0.15, 0.2) is 22.6 Å². The Hall–Kier alpha value is -2.46. The maximum Gasteiger partial charge on any atom is 0.215 e. The molecule has 10 heteroatoms. The van der Waals surface area contributed by atoms with E-state index in [9.17, 15) is 4.21 Å². The van der Waals surface area contributed by atoms with E-state index in [0.717, 1.165) is 18.7 Å². The highest BCUT2D eigenvalue weighted by molar-refractivity contribution is 7.76. The maximum absolute atomic E-state index is 12.4. The van der Waals surface area contributed by atoms with Gasteiger partial charge in [-0.2, -0.15) is 9.35 Å². The van der Waals surface area contributed by atoms with Crippen molar-refractivity contribution in [3.8, 4) is 17.3 Å². The molecule has 4 rings (SSSR count). The summed E-state index contributed by atoms with van der Waals surface area (Å²) in [4.78, 5) is 15.5. The number of hydrogen-bond donors (Lipinski definition) is 2. The largest absolute Gasteiger partial charge is 0.481 e. The van der Waals surface area contributed by atoms with Gasteiger partial charge in [0.2, 0.25) is 5.88 Å². The number of pyridine rings is 1. The fourth-order valence-electron chi connectivity index (χ4n) is 3.05. The number of ether oxygens (including phenoxy) is 2. The van der Waals surface area contributed by atoms with Crippen molar-refractivity contribution in [2.75, 3.05) is 37.5 Å². The molecular formula is C18H24N6O3S. The summed E-state index contributed by atoms with van der Waals surface area (Å²) in [7, 11) is -0.136. The van der Waals surface area contributed by atoms with Crippen LogP contribution >= 0.6 is 0 Å². The third-order valence-corrected chi connectivity index (χ3v) is 6.25. The van der Waals surface area contributed by atoms with Gasteiger partial charge in [-0.25, -0.2) is 9.97 Å². The molecule has 2 aliphatic rings. The second-order valence-corrected chi connectivity index (χ2v) is 8.52. The normalized spacial score (nSPS) is 20.9. The van der Waals surface area contributed by atoms with E-state index in [1.54, 1.807) is 18.2 Å². The summed E-state index contributed by atoms with van der Waals surface area (Å²) >= 11 is 0. The molecule has 2 atom stereocenters. The van der Waals surface area contributed by atoms with Crippen LogP contribution in [0.5, 0.6) is 5.88 Å². The molecular weight excluding hydrogens is 380 g/mol. The van der Waals surface area contributed by atoms with Crippen LogP contribution in [0.1, 0.15) is 19.8 Å². The first-order valence-electron chi connectivity index (χ1n) is 9.27. The lowest BCUT2D eigenvalue weighted by molar-refractivity contribution is 0.0985. The van der Waals surface area contributed by atoms with Gasteiger partial charge in [0.1, 0.15) is 11.6 Å². The van der Waals surface area contributed by atoms with Gasteiger partial charge in [0.05, 0.1) is 26.4 Å². The number of morpholine rings is 1. The van der Waals surface area contributed by atoms with Crippen LogP contribution in [0.3, 0.4) is 0 Å². The van der Waals surface area contributed by atoms with E-state index >= 15 is 0 Å². The second kappa shape index (κ2) is 7.88. The van der Waals surface area contributed by atoms with Gasteiger partial charge in [-0.15, -0.1) is 0 Å². The van der Waals surface area contributed by atoms with Crippen molar-refractivity contribution in [1.29, 1.82) is 0 Å². The average molecular weight is 404 g/mol. The van der Waals surface area contributed by atoms with E-state index in [4.69, 9.17) is 20.2 Å². The average Bonchev–Trinajstić information content (AvgIpc) is 3.53. The monoisotopic (exact) mass is 404 g/mol. The van der Waals surface area contributed by atoms with Gasteiger partial charge >= 0.3 is 0 Å². The quantitative estimate of drug-likeness (QED) is 0.725. The van der Waals surface area contributed by atoms with Gasteiger partial charge in [0.15, 0.2) is 11.6 Å². The Labute approximate surface area is 165 Å². The number of nitrogens with two attached hydrogens (primary N) is 1. The van der Waals surface area contributed by atoms with E-state index in [2.05, 4.69) is 26.2 Å². The first-order chi connectivity index (χ1) is 13.5. The lowest BCUT2D eigenvalue weighted by atomic mass is 10.2. The molecule has 3 heterocycles. The molecule has 150 valence electrons. The van der Waals surface area contributed by atoms with Gasteiger partial charge in [0.25, 0.3) is 0 Å². The van der Waals surface area contributed by atoms with Crippen LogP contribution < -0.4 is 15.4 Å². The number of anilines is 2. The highest BCUT2D eigenvalue weighted by Gasteiger charge is 2.25. The number of rotatable bonds is 5. The third kappa shape index (κ3) is 4.17. The Balaban J connectivity index is 1.80. The van der Waals surface area contributed by atoms with E-state index < -0.39 is 10.6 Å². The van der Waals surface area contributed by atoms with E-state index in [-0.39, 0.29) is 11.3 Å². The molecule has 2 aromatic rings. The molecule has 0 amide bonds. The SMILES string of the molecule is COc1cc(-c2nc(N=[SH](=O)C3CC3)cc(N3CCOC[C@H]3C)n2)cc(N)n1. The summed E-state index contributed by atoms with van der Waals surface area (Å²) in [5, 5.41) is 0.177. The van der Waals surface area contributed by atoms with Gasteiger partial charge in [-0.1, -0.05) is 0 Å². The van der Waals surface area contributed by atoms with Crippen LogP contribution in [-0.2, 0) is 15.3 Å². The summed E-state index contributed by atoms with van der Waals surface area (Å²) in [6.45, 7) is 4.05. The Bertz CT molecular complexity index is 958. The van der Waals surface area contributed by atoms with Crippen molar-refractivity contribution >= 4 is 28.0 Å². The Morgan fingerprint density at radius 1 is 1.29 bits per heavy atom. The van der Waals surface area contributed by atoms with E-state index in [1.165, 1.54) is 7.11 Å². The van der Waals surface area contributed by atoms with Crippen LogP contribution in [0.25, 0.3) is 11.4 Å². The summed E-state index contributed by atoms with van der Waals surface area (Å²) < 4.78 is 27.5. The predicted molar refractivity (Wildman–Crippen MR) is 109 cm³/mol. The summed E-state index contributed by atoms with van der Waals surface area (Å²) in [6.07, 6.45) is 1.92. The van der Waals surface area contributed by atoms with Crippen LogP contribution in [-0.4, -0.2) is 57.3 Å². The molecule has 0 aromatic carbocycles. The molecule has 1 saturated carbocycles. The molecule has 0 spiro atoms. The molecule has 1 aliphatic heterocycles. The van der Waals surface area contributed by atoms with Gasteiger partial charge < -0.3 is 20.1 Å². The lowest BCUT2D eigenvalue weighted by Gasteiger charge is -2.34. The summed E-state index contributed by atoms with van der Waals surface area (Å²) in [5.74, 6) is 2.28. The fourth-order valence-corrected chi connectivity index (χ4v) is 4.11. The van der Waals surface area contributed by atoms with Gasteiger partial charge in [-0.3, -0.25) is 4.21 Å². The van der Waals surface area contributed by atoms with Crippen LogP contribution in [0.4, 0.5) is 17.5 Å². The van der Waals surface area contributed by atoms with Crippen molar-refractivity contribution in [3.63, 3.8) is 0 Å². The van der Waals surface area contributed by atoms with Crippen molar-refractivity contribution in [2.24, 2.45) is 4.36 Å². The lowest BCUT2D eigenvalue weighted by Crippen LogP contribution is -2.44. The molecule has 2 aromatic heterocycles. The topological polar surface area (TPSA) is 116 Å². The minimum absolute atomic E-state index is 0.165. The molecule has 2 N–H and O–H groups in total. The predicted octanol–water partition coefficient (Wildman–Crippen LogP) is 1.81. The minimum Gasteiger partial charge on any atom is -0.481 e. The van der Waals surface area contributed by atoms with E-state index in [0.29, 0.717) is 48.7 Å². The second-order valence-electron chi connectivity index (χ2n) is 6.98. The maximum atomic E-state index is 12.4. The van der Waals surface area contributed by atoms with Crippen molar-refractivity contribution < 1.29 is 13.7 Å². The van der Waals surface area contributed by atoms with E-state index in [1.807, 2.05) is 0 Å². The van der Waals surface area contributed by atoms with Crippen LogP contribution in [0.2, 0.25) is 0 Å². The smallest absolute Gasteiger partial charge is 0.215 e. The van der Waals surface area contributed by atoms with Crippen molar-refractivity contribution in [2.45, 2.75) is 31.1 Å². The molecule has 0 bridgehead atoms. The first kappa shape index (κ1) is 18.9. The molecule has 1 unspecified atom stereocenters. The Morgan fingerprint density at radius 2 is 2.11 bits per heavy atom. The number of nitrogen functional groups attached to an aromatic ring is 1. The van der Waals surface area contributed by atoms with Crippen molar-refractivity contribution in [3.05, 3.63) is 18.2 Å². The standard InChI is InChI=1S/C18H24N6O3S/c1-11-10-27-6-5-24(11)16-9-15(23-28(25)13-3-4-13)21-18(22-16)12-7-14(19)20-17(8-12)26-2/h7-9,11,13,28H,3-6,10H2,1-2H3,(H2,19,20)/t11-/m1/s1. The Morgan fingerprint density at radius 3 is 2.82 bits per heavy atom. The fraction of sp³-hybridized carbons (Fsp3) is 0.500. The Kier molecular flexibility index (Phi) is 5.31. The molecule has 2 fully saturated rings. The number of nitrogens with zero attached hydrogens (tertiary/aromatic N) is 5. The van der Waals surface area contributed by atoms with Gasteiger partial charge in [0, 0.05) is 40.1 Å². The zero-order valence-electron chi connectivity index (χ0n) is 15.9. The molecule has 1 saturated heterocycles. The molecule has 0 radical (unpaired) electrons. The number of methoxy groups -OCH3 is 1. The van der Waals surface area contributed by atoms with Crippen LogP contribution in [0, 0.1) is 0 Å². The number of aromatic nitrogens is 3. The van der Waals surface area contributed by atoms with Gasteiger partial charge in [-0.05, 0) is 25.8 Å². The zero-order valence-corrected chi connectivity index (χ0v) is 16.8. The summed E-state index contributed by atoms with van der Waals surface area (Å²) in [5.41, 5.74) is 6.57. The highest BCUT2D eigenvalue weighted by atomic mass is 32.2. The summed E-state index contributed by atoms with van der Waals surface area (Å²) in [6, 6.07) is 5.37. The first-order valence-corrected chi connectivity index (χ1v) is 10.5. The number of thiol groups is 1. The molecule has 28 heavy (non-hydrogen) atoms. The molecule has 1 aliphatic carbocycles. The van der Waals surface area contributed by atoms with Crippen molar-refractivity contribution in [1.82, 2.24) is 15.0 Å². The number of hydrogen-bond acceptors (Lipinski definition) is 9. The highest BCUT2D eigenvalue weighted by Crippen LogP contribution is 2.30. The zero-order chi connectivity index (χ0) is 19.7. The molecule has 9 nitrogen and oxygen atoms in total. The third-order valence-electron chi connectivity index (χ3n) is 4.71.